The number of nitriles is 1. The summed E-state index contributed by atoms with van der Waals surface area (Å²) in [5, 5.41) is 13.3. The molecule has 27 heavy (non-hydrogen) atoms. The minimum atomic E-state index is -0.932. The van der Waals surface area contributed by atoms with Crippen LogP contribution in [0.15, 0.2) is 46.4 Å². The Balaban J connectivity index is 1.74. The lowest BCUT2D eigenvalue weighted by molar-refractivity contribution is -0.272. The first-order chi connectivity index (χ1) is 12.9. The van der Waals surface area contributed by atoms with Crippen LogP contribution < -0.4 is 0 Å². The first kappa shape index (κ1) is 16.7. The number of benzene rings is 1. The second-order valence-corrected chi connectivity index (χ2v) is 9.12. The average Bonchev–Trinajstić information content (AvgIpc) is 3.15. The first-order valence-electron chi connectivity index (χ1n) is 9.09. The van der Waals surface area contributed by atoms with Crippen LogP contribution in [-0.4, -0.2) is 5.78 Å². The minimum absolute atomic E-state index is 0.0994. The third-order valence-corrected chi connectivity index (χ3v) is 6.36. The van der Waals surface area contributed by atoms with Gasteiger partial charge in [0.25, 0.3) is 0 Å². The summed E-state index contributed by atoms with van der Waals surface area (Å²) in [5.74, 6) is -0.0609. The van der Waals surface area contributed by atoms with E-state index in [1.807, 2.05) is 29.0 Å². The number of hydrogen-bond acceptors (Lipinski definition) is 5. The van der Waals surface area contributed by atoms with Gasteiger partial charge in [0.2, 0.25) is 5.79 Å². The number of carbonyl (C=O) groups excluding carboxylic acids is 1. The van der Waals surface area contributed by atoms with Crippen molar-refractivity contribution in [3.05, 3.63) is 68.6 Å². The Morgan fingerprint density at radius 2 is 2.07 bits per heavy atom. The van der Waals surface area contributed by atoms with E-state index in [2.05, 4.69) is 19.9 Å². The van der Waals surface area contributed by atoms with Crippen LogP contribution in [0.25, 0.3) is 0 Å². The maximum absolute atomic E-state index is 13.0. The van der Waals surface area contributed by atoms with E-state index in [0.717, 1.165) is 28.9 Å². The molecule has 0 N–H and O–H groups in total. The molecule has 3 heterocycles. The number of ketones is 1. The summed E-state index contributed by atoms with van der Waals surface area (Å²) in [6, 6.07) is 9.85. The molecule has 2 aromatic rings. The molecule has 0 amide bonds. The van der Waals surface area contributed by atoms with Gasteiger partial charge in [-0.1, -0.05) is 19.9 Å². The number of Topliss-reactive ketones (excluding diaryl/α,β-unsaturated/α-hetero) is 1. The van der Waals surface area contributed by atoms with Crippen LogP contribution in [0, 0.1) is 16.7 Å². The highest BCUT2D eigenvalue weighted by atomic mass is 32.1. The molecule has 0 saturated heterocycles. The Morgan fingerprint density at radius 1 is 1.22 bits per heavy atom. The van der Waals surface area contributed by atoms with Crippen molar-refractivity contribution in [3.8, 4) is 6.07 Å². The molecule has 4 nitrogen and oxygen atoms in total. The number of rotatable bonds is 1. The molecular weight excluding hydrogens is 358 g/mol. The van der Waals surface area contributed by atoms with Crippen molar-refractivity contribution in [2.24, 2.45) is 5.41 Å². The van der Waals surface area contributed by atoms with Crippen LogP contribution >= 0.6 is 11.3 Å². The topological polar surface area (TPSA) is 59.3 Å². The third-order valence-electron chi connectivity index (χ3n) is 5.68. The number of ether oxygens (including phenoxy) is 2. The van der Waals surface area contributed by atoms with Gasteiger partial charge in [-0.05, 0) is 40.1 Å². The van der Waals surface area contributed by atoms with Gasteiger partial charge in [-0.2, -0.15) is 16.6 Å². The molecule has 2 bridgehead atoms. The van der Waals surface area contributed by atoms with Crippen molar-refractivity contribution in [2.45, 2.75) is 45.0 Å². The van der Waals surface area contributed by atoms with E-state index in [-0.39, 0.29) is 11.2 Å². The van der Waals surface area contributed by atoms with E-state index in [9.17, 15) is 10.1 Å². The number of fused-ring (bicyclic) bond motifs is 5. The molecule has 0 fully saturated rings. The lowest BCUT2D eigenvalue weighted by Crippen LogP contribution is -2.47. The van der Waals surface area contributed by atoms with Crippen LogP contribution in [0.3, 0.4) is 0 Å². The van der Waals surface area contributed by atoms with Gasteiger partial charge in [0.05, 0.1) is 17.2 Å². The Hall–Kier alpha value is -2.42. The molecule has 0 saturated carbocycles. The van der Waals surface area contributed by atoms with Crippen LogP contribution in [0.2, 0.25) is 0 Å². The summed E-state index contributed by atoms with van der Waals surface area (Å²) < 4.78 is 13.0. The van der Waals surface area contributed by atoms with E-state index >= 15 is 0 Å². The molecule has 0 unspecified atom stereocenters. The molecule has 2 atom stereocenters. The van der Waals surface area contributed by atoms with E-state index in [0.29, 0.717) is 24.0 Å². The van der Waals surface area contributed by atoms with Gasteiger partial charge >= 0.3 is 0 Å². The summed E-state index contributed by atoms with van der Waals surface area (Å²) in [4.78, 5) is 13.0. The Labute approximate surface area is 162 Å². The molecule has 1 aromatic carbocycles. The Bertz CT molecular complexity index is 1030. The van der Waals surface area contributed by atoms with Gasteiger partial charge < -0.3 is 9.47 Å². The molecule has 5 heteroatoms. The Morgan fingerprint density at radius 3 is 2.81 bits per heavy atom. The summed E-state index contributed by atoms with van der Waals surface area (Å²) in [6.45, 7) is 4.21. The Kier molecular flexibility index (Phi) is 3.43. The predicted octanol–water partition coefficient (Wildman–Crippen LogP) is 4.76. The maximum atomic E-state index is 13.0. The molecule has 3 aliphatic rings. The van der Waals surface area contributed by atoms with Crippen molar-refractivity contribution in [1.29, 1.82) is 5.26 Å². The lowest BCUT2D eigenvalue weighted by atomic mass is 9.72. The van der Waals surface area contributed by atoms with Crippen LogP contribution in [0.5, 0.6) is 0 Å². The van der Waals surface area contributed by atoms with E-state index in [1.165, 1.54) is 0 Å². The molecule has 5 rings (SSSR count). The fraction of sp³-hybridized carbons (Fsp3) is 0.364. The van der Waals surface area contributed by atoms with Crippen LogP contribution in [-0.2, 0) is 26.5 Å². The van der Waals surface area contributed by atoms with Crippen LogP contribution in [0.1, 0.15) is 55.0 Å². The molecule has 1 aliphatic carbocycles. The largest absolute Gasteiger partial charge is 0.461 e. The standard InChI is InChI=1S/C22H19NO3S/c1-21(2)9-17(24)19-18(10-21)25-22(15-5-6-27-12-15)8-14-7-13(11-23)3-4-16(14)20(19)26-22/h3-7,12,20H,8-10H2,1-2H3/t20-,22-/m0/s1. The van der Waals surface area contributed by atoms with Gasteiger partial charge in [0.15, 0.2) is 5.78 Å². The van der Waals surface area contributed by atoms with Crippen molar-refractivity contribution >= 4 is 17.1 Å². The average molecular weight is 377 g/mol. The number of allylic oxidation sites excluding steroid dienone is 1. The molecule has 1 aromatic heterocycles. The highest BCUT2D eigenvalue weighted by Crippen LogP contribution is 2.55. The molecule has 136 valence electrons. The monoisotopic (exact) mass is 377 g/mol. The zero-order chi connectivity index (χ0) is 18.8. The van der Waals surface area contributed by atoms with Crippen molar-refractivity contribution < 1.29 is 14.3 Å². The number of carbonyl (C=O) groups is 1. The maximum Gasteiger partial charge on any atom is 0.242 e. The van der Waals surface area contributed by atoms with Gasteiger partial charge in [0.1, 0.15) is 11.9 Å². The number of nitrogens with zero attached hydrogens (tertiary/aromatic N) is 1. The van der Waals surface area contributed by atoms with Crippen LogP contribution in [0.4, 0.5) is 0 Å². The second-order valence-electron chi connectivity index (χ2n) is 8.34. The third kappa shape index (κ3) is 2.48. The fourth-order valence-electron chi connectivity index (χ4n) is 4.48. The van der Waals surface area contributed by atoms with Gasteiger partial charge in [-0.3, -0.25) is 4.79 Å². The minimum Gasteiger partial charge on any atom is -0.461 e. The highest BCUT2D eigenvalue weighted by Gasteiger charge is 2.53. The zero-order valence-corrected chi connectivity index (χ0v) is 16.1. The first-order valence-corrected chi connectivity index (χ1v) is 10.0. The summed E-state index contributed by atoms with van der Waals surface area (Å²) >= 11 is 1.60. The van der Waals surface area contributed by atoms with Crippen molar-refractivity contribution in [1.82, 2.24) is 0 Å². The number of thiophene rings is 1. The van der Waals surface area contributed by atoms with Crippen molar-refractivity contribution in [2.75, 3.05) is 0 Å². The lowest BCUT2D eigenvalue weighted by Gasteiger charge is -2.49. The molecule has 0 radical (unpaired) electrons. The van der Waals surface area contributed by atoms with Gasteiger partial charge in [-0.15, -0.1) is 0 Å². The van der Waals surface area contributed by atoms with Gasteiger partial charge in [-0.25, -0.2) is 0 Å². The van der Waals surface area contributed by atoms with E-state index in [1.54, 1.807) is 17.4 Å². The zero-order valence-electron chi connectivity index (χ0n) is 15.2. The SMILES string of the molecule is CC1(C)CC(=O)C2=C(C1)O[C@@]1(c3ccsc3)Cc3cc(C#N)ccc3[C@@H]2O1. The molecule has 2 aliphatic heterocycles. The predicted molar refractivity (Wildman–Crippen MR) is 101 cm³/mol. The quantitative estimate of drug-likeness (QED) is 0.719. The van der Waals surface area contributed by atoms with Gasteiger partial charge in [0, 0.05) is 30.2 Å². The molecule has 0 spiro atoms. The van der Waals surface area contributed by atoms with E-state index in [4.69, 9.17) is 9.47 Å². The highest BCUT2D eigenvalue weighted by molar-refractivity contribution is 7.08. The normalized spacial score (nSPS) is 28.0. The summed E-state index contributed by atoms with van der Waals surface area (Å²) in [5.41, 5.74) is 4.10. The smallest absolute Gasteiger partial charge is 0.242 e. The second kappa shape index (κ2) is 5.54. The summed E-state index contributed by atoms with van der Waals surface area (Å²) in [7, 11) is 0. The fourth-order valence-corrected chi connectivity index (χ4v) is 5.18. The van der Waals surface area contributed by atoms with E-state index < -0.39 is 11.9 Å². The summed E-state index contributed by atoms with van der Waals surface area (Å²) in [6.07, 6.45) is 1.31. The molecular formula is C22H19NO3S. The van der Waals surface area contributed by atoms with Crippen molar-refractivity contribution in [3.63, 3.8) is 0 Å². The number of hydrogen-bond donors (Lipinski definition) is 0.